The number of aryl methyl sites for hydroxylation is 3. The van der Waals surface area contributed by atoms with Gasteiger partial charge in [0.1, 0.15) is 5.69 Å². The second-order valence-corrected chi connectivity index (χ2v) is 5.96. The van der Waals surface area contributed by atoms with Crippen molar-refractivity contribution in [2.45, 2.75) is 26.8 Å². The van der Waals surface area contributed by atoms with Gasteiger partial charge in [-0.2, -0.15) is 5.10 Å². The van der Waals surface area contributed by atoms with Crippen molar-refractivity contribution in [3.63, 3.8) is 0 Å². The molecular weight excluding hydrogens is 276 g/mol. The van der Waals surface area contributed by atoms with E-state index < -0.39 is 0 Å². The van der Waals surface area contributed by atoms with Gasteiger partial charge in [0.25, 0.3) is 11.5 Å². The predicted molar refractivity (Wildman–Crippen MR) is 76.9 cm³/mol. The first-order chi connectivity index (χ1) is 9.38. The number of carbonyl (C=O) groups is 1. The highest BCUT2D eigenvalue weighted by molar-refractivity contribution is 7.11. The molecule has 2 rings (SSSR count). The Morgan fingerprint density at radius 2 is 2.10 bits per heavy atom. The zero-order valence-corrected chi connectivity index (χ0v) is 12.6. The number of hydrogen-bond donors (Lipinski definition) is 1. The molecule has 2 heterocycles. The van der Waals surface area contributed by atoms with Gasteiger partial charge in [-0.1, -0.05) is 0 Å². The maximum absolute atomic E-state index is 12.1. The van der Waals surface area contributed by atoms with E-state index in [4.69, 9.17) is 0 Å². The van der Waals surface area contributed by atoms with Gasteiger partial charge < -0.3 is 5.32 Å². The summed E-state index contributed by atoms with van der Waals surface area (Å²) in [7, 11) is 1.51. The minimum absolute atomic E-state index is 0.202. The zero-order valence-electron chi connectivity index (χ0n) is 11.8. The molecular formula is C13H16N4O2S. The summed E-state index contributed by atoms with van der Waals surface area (Å²) in [6.45, 7) is 5.79. The number of aromatic nitrogens is 3. The van der Waals surface area contributed by atoms with Crippen LogP contribution in [0, 0.1) is 13.8 Å². The Bertz CT molecular complexity index is 705. The molecule has 1 N–H and O–H groups in total. The molecule has 0 spiro atoms. The van der Waals surface area contributed by atoms with Crippen molar-refractivity contribution in [1.82, 2.24) is 20.1 Å². The summed E-state index contributed by atoms with van der Waals surface area (Å²) in [6, 6.07) is 2.54. The molecule has 0 fully saturated rings. The highest BCUT2D eigenvalue weighted by Crippen LogP contribution is 2.22. The highest BCUT2D eigenvalue weighted by atomic mass is 32.1. The summed E-state index contributed by atoms with van der Waals surface area (Å²) in [5.41, 5.74) is 0.829. The molecule has 0 radical (unpaired) electrons. The smallest absolute Gasteiger partial charge is 0.272 e. The molecule has 0 aliphatic carbocycles. The fourth-order valence-electron chi connectivity index (χ4n) is 1.91. The summed E-state index contributed by atoms with van der Waals surface area (Å²) < 4.78 is 1.14. The van der Waals surface area contributed by atoms with Crippen LogP contribution < -0.4 is 10.9 Å². The Morgan fingerprint density at radius 3 is 2.65 bits per heavy atom. The van der Waals surface area contributed by atoms with Gasteiger partial charge >= 0.3 is 0 Å². The lowest BCUT2D eigenvalue weighted by atomic mass is 10.2. The van der Waals surface area contributed by atoms with Crippen molar-refractivity contribution in [3.8, 4) is 0 Å². The minimum Gasteiger partial charge on any atom is -0.343 e. The van der Waals surface area contributed by atoms with E-state index in [1.807, 2.05) is 20.8 Å². The largest absolute Gasteiger partial charge is 0.343 e. The summed E-state index contributed by atoms with van der Waals surface area (Å²) in [4.78, 5) is 28.8. The van der Waals surface area contributed by atoms with E-state index in [-0.39, 0.29) is 23.2 Å². The molecule has 0 unspecified atom stereocenters. The van der Waals surface area contributed by atoms with Crippen molar-refractivity contribution in [2.24, 2.45) is 7.05 Å². The van der Waals surface area contributed by atoms with Crippen LogP contribution in [0.5, 0.6) is 0 Å². The molecule has 1 amide bonds. The third-order valence-corrected chi connectivity index (χ3v) is 3.79. The average Bonchev–Trinajstić information content (AvgIpc) is 2.71. The van der Waals surface area contributed by atoms with E-state index in [0.29, 0.717) is 0 Å². The maximum Gasteiger partial charge on any atom is 0.272 e. The molecule has 7 heteroatoms. The number of thiazole rings is 1. The van der Waals surface area contributed by atoms with Crippen LogP contribution in [0.4, 0.5) is 0 Å². The standard InChI is InChI=1S/C13H16N4O2S/c1-7(12-8(2)20-9(3)15-12)14-13(19)10-5-6-11(18)17(4)16-10/h5-7H,1-4H3,(H,14,19)/t7-/m1/s1. The summed E-state index contributed by atoms with van der Waals surface area (Å²) >= 11 is 1.60. The fourth-order valence-corrected chi connectivity index (χ4v) is 2.82. The Hall–Kier alpha value is -2.02. The van der Waals surface area contributed by atoms with Gasteiger partial charge in [0, 0.05) is 18.0 Å². The average molecular weight is 292 g/mol. The third kappa shape index (κ3) is 2.93. The monoisotopic (exact) mass is 292 g/mol. The number of rotatable bonds is 3. The fraction of sp³-hybridized carbons (Fsp3) is 0.385. The number of nitrogens with one attached hydrogen (secondary N) is 1. The number of hydrogen-bond acceptors (Lipinski definition) is 5. The van der Waals surface area contributed by atoms with E-state index >= 15 is 0 Å². The van der Waals surface area contributed by atoms with Crippen molar-refractivity contribution in [2.75, 3.05) is 0 Å². The van der Waals surface area contributed by atoms with Gasteiger partial charge in [-0.05, 0) is 26.8 Å². The van der Waals surface area contributed by atoms with Gasteiger partial charge in [0.2, 0.25) is 0 Å². The second-order valence-electron chi connectivity index (χ2n) is 4.55. The summed E-state index contributed by atoms with van der Waals surface area (Å²) in [6.07, 6.45) is 0. The number of carbonyl (C=O) groups excluding carboxylic acids is 1. The van der Waals surface area contributed by atoms with Gasteiger partial charge in [-0.3, -0.25) is 9.59 Å². The third-order valence-electron chi connectivity index (χ3n) is 2.89. The van der Waals surface area contributed by atoms with E-state index in [1.165, 1.54) is 19.2 Å². The molecule has 0 aliphatic rings. The molecule has 2 aromatic heterocycles. The quantitative estimate of drug-likeness (QED) is 0.926. The molecule has 6 nitrogen and oxygen atoms in total. The van der Waals surface area contributed by atoms with Gasteiger partial charge in [-0.15, -0.1) is 11.3 Å². The van der Waals surface area contributed by atoms with Crippen LogP contribution in [-0.4, -0.2) is 20.7 Å². The lowest BCUT2D eigenvalue weighted by Crippen LogP contribution is -2.30. The van der Waals surface area contributed by atoms with E-state index in [9.17, 15) is 9.59 Å². The summed E-state index contributed by atoms with van der Waals surface area (Å²) in [5.74, 6) is -0.321. The van der Waals surface area contributed by atoms with E-state index in [0.717, 1.165) is 20.3 Å². The molecule has 0 saturated carbocycles. The van der Waals surface area contributed by atoms with Crippen LogP contribution >= 0.6 is 11.3 Å². The van der Waals surface area contributed by atoms with Crippen molar-refractivity contribution < 1.29 is 4.79 Å². The van der Waals surface area contributed by atoms with Crippen molar-refractivity contribution >= 4 is 17.2 Å². The van der Waals surface area contributed by atoms with Crippen LogP contribution in [0.25, 0.3) is 0 Å². The van der Waals surface area contributed by atoms with E-state index in [1.54, 1.807) is 11.3 Å². The van der Waals surface area contributed by atoms with Gasteiger partial charge in [0.05, 0.1) is 16.7 Å². The first-order valence-corrected chi connectivity index (χ1v) is 6.99. The van der Waals surface area contributed by atoms with Crippen LogP contribution in [0.3, 0.4) is 0 Å². The Labute approximate surface area is 120 Å². The molecule has 106 valence electrons. The normalized spacial score (nSPS) is 12.2. The molecule has 2 aromatic rings. The maximum atomic E-state index is 12.1. The van der Waals surface area contributed by atoms with Crippen LogP contribution in [0.15, 0.2) is 16.9 Å². The Morgan fingerprint density at radius 1 is 1.40 bits per heavy atom. The topological polar surface area (TPSA) is 76.9 Å². The lowest BCUT2D eigenvalue weighted by Gasteiger charge is -2.12. The minimum atomic E-state index is -0.321. The molecule has 0 saturated heterocycles. The zero-order chi connectivity index (χ0) is 14.9. The van der Waals surface area contributed by atoms with Crippen molar-refractivity contribution in [1.29, 1.82) is 0 Å². The van der Waals surface area contributed by atoms with Gasteiger partial charge in [0.15, 0.2) is 0 Å². The van der Waals surface area contributed by atoms with Crippen molar-refractivity contribution in [3.05, 3.63) is 43.8 Å². The van der Waals surface area contributed by atoms with Crippen LogP contribution in [-0.2, 0) is 7.05 Å². The van der Waals surface area contributed by atoms with Gasteiger partial charge in [-0.25, -0.2) is 9.67 Å². The van der Waals surface area contributed by atoms with Crippen LogP contribution in [0.2, 0.25) is 0 Å². The molecule has 0 aromatic carbocycles. The lowest BCUT2D eigenvalue weighted by molar-refractivity contribution is 0.0931. The highest BCUT2D eigenvalue weighted by Gasteiger charge is 2.17. The molecule has 1 atom stereocenters. The second kappa shape index (κ2) is 5.54. The first kappa shape index (κ1) is 14.4. The first-order valence-electron chi connectivity index (χ1n) is 6.17. The number of nitrogens with zero attached hydrogens (tertiary/aromatic N) is 3. The van der Waals surface area contributed by atoms with E-state index in [2.05, 4.69) is 15.4 Å². The Balaban J connectivity index is 2.17. The summed E-state index contributed by atoms with van der Waals surface area (Å²) in [5, 5.41) is 7.73. The molecule has 20 heavy (non-hydrogen) atoms. The number of amides is 1. The Kier molecular flexibility index (Phi) is 3.99. The molecule has 0 bridgehead atoms. The SMILES string of the molecule is Cc1nc([C@@H](C)NC(=O)c2ccc(=O)n(C)n2)c(C)s1. The predicted octanol–water partition coefficient (Wildman–Crippen LogP) is 1.34. The molecule has 0 aliphatic heterocycles. The van der Waals surface area contributed by atoms with Crippen LogP contribution in [0.1, 0.15) is 39.0 Å².